The number of nitrogens with zero attached hydrogens (tertiary/aromatic N) is 2. The van der Waals surface area contributed by atoms with E-state index in [0.29, 0.717) is 0 Å². The quantitative estimate of drug-likeness (QED) is 0.769. The van der Waals surface area contributed by atoms with Crippen LogP contribution < -0.4 is 0 Å². The summed E-state index contributed by atoms with van der Waals surface area (Å²) in [6.07, 6.45) is 4.06. The van der Waals surface area contributed by atoms with Crippen LogP contribution in [0.15, 0.2) is 39.5 Å². The number of amidine groups is 1. The molecule has 124 valence electrons. The average molecular weight is 357 g/mol. The Morgan fingerprint density at radius 3 is 3.04 bits per heavy atom. The van der Waals surface area contributed by atoms with Gasteiger partial charge in [-0.3, -0.25) is 4.99 Å². The second-order valence-electron chi connectivity index (χ2n) is 6.65. The zero-order chi connectivity index (χ0) is 15.9. The van der Waals surface area contributed by atoms with Crippen LogP contribution in [0.3, 0.4) is 0 Å². The fourth-order valence-corrected chi connectivity index (χ4v) is 5.64. The van der Waals surface area contributed by atoms with Crippen LogP contribution in [0.2, 0.25) is 0 Å². The highest BCUT2D eigenvalue weighted by Gasteiger charge is 2.34. The van der Waals surface area contributed by atoms with Gasteiger partial charge in [0.1, 0.15) is 0 Å². The topological polar surface area (TPSA) is 24.8 Å². The lowest BCUT2D eigenvalue weighted by Crippen LogP contribution is -2.20. The van der Waals surface area contributed by atoms with Gasteiger partial charge in [0.05, 0.1) is 18.8 Å². The molecule has 3 nitrogen and oxygen atoms in total. The predicted octanol–water partition coefficient (Wildman–Crippen LogP) is 4.81. The van der Waals surface area contributed by atoms with Gasteiger partial charge in [-0.1, -0.05) is 36.4 Å². The molecule has 0 atom stereocenters. The van der Waals surface area contributed by atoms with Gasteiger partial charge in [0, 0.05) is 39.1 Å². The van der Waals surface area contributed by atoms with Gasteiger partial charge in [-0.2, -0.15) is 0 Å². The minimum atomic E-state index is 0.718. The Kier molecular flexibility index (Phi) is 3.88. The summed E-state index contributed by atoms with van der Waals surface area (Å²) in [6.45, 7) is 3.53. The lowest BCUT2D eigenvalue weighted by molar-refractivity contribution is 0.0874. The van der Waals surface area contributed by atoms with E-state index in [-0.39, 0.29) is 0 Å². The maximum absolute atomic E-state index is 6.07. The number of ether oxygens (including phenoxy) is 1. The number of thioether (sulfide) groups is 1. The smallest absolute Gasteiger partial charge is 0.168 e. The molecule has 0 bridgehead atoms. The molecular formula is C19H20N2OS2. The molecule has 0 spiro atoms. The van der Waals surface area contributed by atoms with E-state index in [1.54, 1.807) is 0 Å². The summed E-state index contributed by atoms with van der Waals surface area (Å²) in [5.74, 6) is 0.791. The highest BCUT2D eigenvalue weighted by molar-refractivity contribution is 8.17. The van der Waals surface area contributed by atoms with Crippen LogP contribution in [0.5, 0.6) is 0 Å². The van der Waals surface area contributed by atoms with E-state index < -0.39 is 0 Å². The molecule has 3 aliphatic rings. The molecular weight excluding hydrogens is 336 g/mol. The average Bonchev–Trinajstić information content (AvgIpc) is 3.23. The summed E-state index contributed by atoms with van der Waals surface area (Å²) in [5.41, 5.74) is 2.68. The summed E-state index contributed by atoms with van der Waals surface area (Å²) >= 11 is 3.64. The Hall–Kier alpha value is -1.30. The third-order valence-electron chi connectivity index (χ3n) is 5.10. The fourth-order valence-electron chi connectivity index (χ4n) is 3.56. The zero-order valence-electron chi connectivity index (χ0n) is 13.5. The first-order valence-corrected chi connectivity index (χ1v) is 10.4. The summed E-state index contributed by atoms with van der Waals surface area (Å²) in [6, 6.07) is 8.69. The number of rotatable bonds is 5. The Labute approximate surface area is 150 Å². The zero-order valence-corrected chi connectivity index (χ0v) is 15.2. The maximum atomic E-state index is 6.07. The minimum Gasteiger partial charge on any atom is -0.376 e. The summed E-state index contributed by atoms with van der Waals surface area (Å²) in [7, 11) is 0. The van der Waals surface area contributed by atoms with Crippen molar-refractivity contribution >= 4 is 44.0 Å². The Morgan fingerprint density at radius 1 is 1.25 bits per heavy atom. The fraction of sp³-hybridized carbons (Fsp3) is 0.421. The van der Waals surface area contributed by atoms with Crippen molar-refractivity contribution in [2.75, 3.05) is 26.3 Å². The second-order valence-corrected chi connectivity index (χ2v) is 8.62. The number of fused-ring (bicyclic) bond motifs is 2. The molecule has 0 radical (unpaired) electrons. The van der Waals surface area contributed by atoms with Crippen molar-refractivity contribution in [3.8, 4) is 0 Å². The van der Waals surface area contributed by atoms with E-state index in [1.165, 1.54) is 45.5 Å². The summed E-state index contributed by atoms with van der Waals surface area (Å²) in [5, 5.41) is 4.80. The second kappa shape index (κ2) is 6.21. The first kappa shape index (κ1) is 15.0. The van der Waals surface area contributed by atoms with E-state index in [1.807, 2.05) is 23.1 Å². The molecule has 5 heteroatoms. The predicted molar refractivity (Wildman–Crippen MR) is 104 cm³/mol. The SMILES string of the molecule is c1ccc2c(C3=C(COCC4CCC4)SC4=NCCN43)csc2c1. The van der Waals surface area contributed by atoms with E-state index in [9.17, 15) is 0 Å². The van der Waals surface area contributed by atoms with Crippen LogP contribution in [-0.4, -0.2) is 36.4 Å². The molecule has 1 fully saturated rings. The normalized spacial score (nSPS) is 20.7. The van der Waals surface area contributed by atoms with Crippen LogP contribution in [0.25, 0.3) is 15.8 Å². The lowest BCUT2D eigenvalue weighted by atomic mass is 9.86. The van der Waals surface area contributed by atoms with E-state index in [0.717, 1.165) is 37.4 Å². The molecule has 24 heavy (non-hydrogen) atoms. The van der Waals surface area contributed by atoms with Crippen molar-refractivity contribution in [2.24, 2.45) is 10.9 Å². The van der Waals surface area contributed by atoms with Crippen molar-refractivity contribution in [1.82, 2.24) is 4.90 Å². The lowest BCUT2D eigenvalue weighted by Gasteiger charge is -2.25. The van der Waals surface area contributed by atoms with Crippen molar-refractivity contribution in [2.45, 2.75) is 19.3 Å². The van der Waals surface area contributed by atoms with Gasteiger partial charge in [-0.25, -0.2) is 0 Å². The third-order valence-corrected chi connectivity index (χ3v) is 7.15. The van der Waals surface area contributed by atoms with E-state index in [4.69, 9.17) is 4.74 Å². The van der Waals surface area contributed by atoms with Crippen LogP contribution in [0.1, 0.15) is 24.8 Å². The van der Waals surface area contributed by atoms with Crippen LogP contribution in [0.4, 0.5) is 0 Å². The molecule has 2 aromatic rings. The van der Waals surface area contributed by atoms with Gasteiger partial charge in [-0.15, -0.1) is 11.3 Å². The molecule has 1 aliphatic carbocycles. The van der Waals surface area contributed by atoms with Gasteiger partial charge >= 0.3 is 0 Å². The Morgan fingerprint density at radius 2 is 2.17 bits per heavy atom. The number of hydrogen-bond acceptors (Lipinski definition) is 5. The van der Waals surface area contributed by atoms with E-state index in [2.05, 4.69) is 39.5 Å². The Bertz CT molecular complexity index is 835. The molecule has 1 aromatic carbocycles. The van der Waals surface area contributed by atoms with Crippen LogP contribution >= 0.6 is 23.1 Å². The van der Waals surface area contributed by atoms with Crippen LogP contribution in [-0.2, 0) is 4.74 Å². The molecule has 0 saturated heterocycles. The first-order valence-electron chi connectivity index (χ1n) is 8.67. The maximum Gasteiger partial charge on any atom is 0.168 e. The highest BCUT2D eigenvalue weighted by atomic mass is 32.2. The van der Waals surface area contributed by atoms with Crippen LogP contribution in [0, 0.1) is 5.92 Å². The first-order chi connectivity index (χ1) is 11.9. The van der Waals surface area contributed by atoms with Gasteiger partial charge < -0.3 is 9.64 Å². The van der Waals surface area contributed by atoms with Crippen molar-refractivity contribution < 1.29 is 4.74 Å². The minimum absolute atomic E-state index is 0.718. The van der Waals surface area contributed by atoms with Gasteiger partial charge in [0.2, 0.25) is 0 Å². The molecule has 5 rings (SSSR count). The summed E-state index contributed by atoms with van der Waals surface area (Å²) in [4.78, 5) is 8.39. The molecule has 0 unspecified atom stereocenters. The monoisotopic (exact) mass is 356 g/mol. The Balaban J connectivity index is 1.47. The standard InChI is InChI=1S/C19H20N2OS2/c1-2-7-16-14(6-1)15(12-23-16)18-17(11-22-10-13-4-3-5-13)24-19-20-8-9-21(18)19/h1-2,6-7,12-13H,3-5,8-11H2. The van der Waals surface area contributed by atoms with E-state index >= 15 is 0 Å². The number of thiophene rings is 1. The largest absolute Gasteiger partial charge is 0.376 e. The number of aliphatic imine (C=N–C) groups is 1. The third kappa shape index (κ3) is 2.50. The molecule has 1 aromatic heterocycles. The number of benzene rings is 1. The van der Waals surface area contributed by atoms with Crippen molar-refractivity contribution in [3.63, 3.8) is 0 Å². The van der Waals surface area contributed by atoms with Crippen molar-refractivity contribution in [3.05, 3.63) is 40.1 Å². The summed E-state index contributed by atoms with van der Waals surface area (Å²) < 4.78 is 7.42. The van der Waals surface area contributed by atoms with Crippen molar-refractivity contribution in [1.29, 1.82) is 0 Å². The van der Waals surface area contributed by atoms with Gasteiger partial charge in [-0.05, 0) is 24.8 Å². The van der Waals surface area contributed by atoms with Gasteiger partial charge in [0.25, 0.3) is 0 Å². The molecule has 0 amide bonds. The molecule has 1 saturated carbocycles. The molecule has 2 aliphatic heterocycles. The van der Waals surface area contributed by atoms with Gasteiger partial charge in [0.15, 0.2) is 5.17 Å². The molecule has 3 heterocycles. The molecule has 0 N–H and O–H groups in total. The number of hydrogen-bond donors (Lipinski definition) is 0. The highest BCUT2D eigenvalue weighted by Crippen LogP contribution is 2.45.